The maximum absolute atomic E-state index is 15.4. The number of rotatable bonds is 10. The van der Waals surface area contributed by atoms with Crippen LogP contribution >= 0.6 is 0 Å². The first-order valence-corrected chi connectivity index (χ1v) is 30.6. The SMILES string of the molecule is Oc1ccc2c(c1)B1c3cc(O)ccc3N(c3ccccc3)c3cc(-c4ccc5c(c4)c4ccc(-c6nc(-c7ccccc7)nc(-c7ccccc7)n6)cc4n5-c4ccc(C(F)(F)F)cc4-c4nc(-c5ccccc5)nc(-c5ccccc5)n4)cc(c31)N2c1ccccc1. The van der Waals surface area contributed by atoms with E-state index >= 15 is 13.2 Å². The highest BCUT2D eigenvalue weighted by atomic mass is 19.4. The number of halogens is 3. The van der Waals surface area contributed by atoms with Crippen LogP contribution in [0.25, 0.3) is 107 Å². The zero-order valence-corrected chi connectivity index (χ0v) is 49.8. The van der Waals surface area contributed by atoms with Crippen molar-refractivity contribution in [3.8, 4) is 96.6 Å². The van der Waals surface area contributed by atoms with Crippen molar-refractivity contribution < 1.29 is 23.4 Å². The van der Waals surface area contributed by atoms with E-state index in [9.17, 15) is 10.2 Å². The van der Waals surface area contributed by atoms with Crippen LogP contribution < -0.4 is 26.2 Å². The number of phenolic OH excluding ortho intramolecular Hbond substituents is 2. The maximum Gasteiger partial charge on any atom is 0.416 e. The van der Waals surface area contributed by atoms with Crippen molar-refractivity contribution in [2.45, 2.75) is 6.18 Å². The zero-order chi connectivity index (χ0) is 63.2. The van der Waals surface area contributed by atoms with Crippen LogP contribution in [-0.4, -0.2) is 51.4 Å². The number of nitrogens with zero attached hydrogens (tertiary/aromatic N) is 9. The van der Waals surface area contributed by atoms with Crippen LogP contribution in [0.5, 0.6) is 11.5 Å². The third kappa shape index (κ3) is 9.55. The summed E-state index contributed by atoms with van der Waals surface area (Å²) in [7, 11) is 0. The molecule has 94 heavy (non-hydrogen) atoms. The van der Waals surface area contributed by atoms with Gasteiger partial charge >= 0.3 is 6.18 Å². The van der Waals surface area contributed by atoms with Gasteiger partial charge in [-0.25, -0.2) is 29.9 Å². The number of anilines is 6. The molecule has 2 aliphatic heterocycles. The van der Waals surface area contributed by atoms with Crippen molar-refractivity contribution in [3.05, 3.63) is 291 Å². The van der Waals surface area contributed by atoms with Gasteiger partial charge in [-0.1, -0.05) is 176 Å². The molecule has 11 nitrogen and oxygen atoms in total. The molecule has 15 heteroatoms. The largest absolute Gasteiger partial charge is 0.508 e. The Morgan fingerprint density at radius 2 is 0.723 bits per heavy atom. The number of hydrogen-bond acceptors (Lipinski definition) is 10. The van der Waals surface area contributed by atoms with Crippen molar-refractivity contribution in [1.29, 1.82) is 0 Å². The Labute approximate surface area is 537 Å². The molecule has 3 aromatic heterocycles. The lowest BCUT2D eigenvalue weighted by Gasteiger charge is -2.44. The number of phenols is 2. The van der Waals surface area contributed by atoms with E-state index < -0.39 is 18.5 Å². The fourth-order valence-electron chi connectivity index (χ4n) is 13.4. The predicted octanol–water partition coefficient (Wildman–Crippen LogP) is 17.3. The molecule has 0 spiro atoms. The lowest BCUT2D eigenvalue weighted by molar-refractivity contribution is -0.137. The van der Waals surface area contributed by atoms with Crippen molar-refractivity contribution in [3.63, 3.8) is 0 Å². The quantitative estimate of drug-likeness (QED) is 0.128. The molecule has 0 saturated carbocycles. The molecule has 2 aliphatic rings. The molecule has 12 aromatic carbocycles. The van der Waals surface area contributed by atoms with Crippen LogP contribution in [0.1, 0.15) is 5.56 Å². The Bertz CT molecular complexity index is 5240. The number of fused-ring (bicyclic) bond motifs is 7. The van der Waals surface area contributed by atoms with Crippen LogP contribution in [-0.2, 0) is 6.18 Å². The number of alkyl halides is 3. The Morgan fingerprint density at radius 3 is 1.18 bits per heavy atom. The van der Waals surface area contributed by atoms with Gasteiger partial charge in [0.25, 0.3) is 6.71 Å². The van der Waals surface area contributed by atoms with Crippen molar-refractivity contribution in [2.24, 2.45) is 0 Å². The molecule has 446 valence electrons. The molecule has 0 fully saturated rings. The summed E-state index contributed by atoms with van der Waals surface area (Å²) >= 11 is 0. The molecule has 0 unspecified atom stereocenters. The van der Waals surface area contributed by atoms with Crippen LogP contribution in [0.4, 0.5) is 47.3 Å². The molecule has 0 atom stereocenters. The second kappa shape index (κ2) is 22.2. The first kappa shape index (κ1) is 55.6. The van der Waals surface area contributed by atoms with E-state index in [1.54, 1.807) is 12.1 Å². The maximum atomic E-state index is 15.4. The molecule has 15 aromatic rings. The van der Waals surface area contributed by atoms with Gasteiger partial charge in [-0.05, 0) is 137 Å². The minimum atomic E-state index is -4.74. The summed E-state index contributed by atoms with van der Waals surface area (Å²) in [6, 6.07) is 89.8. The molecule has 5 heterocycles. The minimum Gasteiger partial charge on any atom is -0.508 e. The topological polar surface area (TPSA) is 129 Å². The average molecular weight is 1220 g/mol. The van der Waals surface area contributed by atoms with E-state index in [0.717, 1.165) is 95.7 Å². The first-order chi connectivity index (χ1) is 46.0. The molecule has 0 bridgehead atoms. The predicted molar refractivity (Wildman–Crippen MR) is 368 cm³/mol. The summed E-state index contributed by atoms with van der Waals surface area (Å²) in [5.74, 6) is 2.17. The lowest BCUT2D eigenvalue weighted by Crippen LogP contribution is -2.61. The number of benzene rings is 12. The number of hydrogen-bond donors (Lipinski definition) is 2. The van der Waals surface area contributed by atoms with Crippen LogP contribution in [0.15, 0.2) is 285 Å². The summed E-state index contributed by atoms with van der Waals surface area (Å²) in [5.41, 5.74) is 14.2. The number of aromatic hydroxyl groups is 2. The highest BCUT2D eigenvalue weighted by Crippen LogP contribution is 2.48. The molecule has 2 N–H and O–H groups in total. The van der Waals surface area contributed by atoms with E-state index in [2.05, 4.69) is 58.3 Å². The molecule has 0 aliphatic carbocycles. The standard InChI is InChI=1S/C79H49BF3N9O2/c81-79(82,83)55-33-38-66(62(45-55)78-88-75(50-23-11-3-12-24-50)85-76(89-78)51-25-13-4-14-26-51)92-65-37-32-52(41-61(65)60-36-31-53(42-69(60)92)77-86-73(48-19-7-1-8-20-48)84-74(87-77)49-21-9-2-10-22-49)54-43-70-72-71(44-54)91(57-29-17-6-18-30-57)68-40-35-59(94)47-64(68)80(72)63-46-58(93)34-39-67(63)90(70)56-27-15-5-16-28-56/h1-47,93-94H. The Morgan fingerprint density at radius 1 is 0.309 bits per heavy atom. The molecule has 0 radical (unpaired) electrons. The van der Waals surface area contributed by atoms with Gasteiger partial charge in [0.1, 0.15) is 11.5 Å². The Balaban J connectivity index is 0.943. The number of para-hydroxylation sites is 2. The monoisotopic (exact) mass is 1220 g/mol. The van der Waals surface area contributed by atoms with Crippen molar-refractivity contribution >= 4 is 79.0 Å². The summed E-state index contributed by atoms with van der Waals surface area (Å²) in [6.07, 6.45) is -4.74. The van der Waals surface area contributed by atoms with E-state index in [1.165, 1.54) is 6.07 Å². The van der Waals surface area contributed by atoms with E-state index in [1.807, 2.05) is 211 Å². The second-order valence-corrected chi connectivity index (χ2v) is 23.3. The normalized spacial score (nSPS) is 12.4. The van der Waals surface area contributed by atoms with E-state index in [4.69, 9.17) is 29.9 Å². The van der Waals surface area contributed by atoms with Crippen LogP contribution in [0.3, 0.4) is 0 Å². The fourth-order valence-corrected chi connectivity index (χ4v) is 13.4. The summed E-state index contributed by atoms with van der Waals surface area (Å²) in [6.45, 7) is -0.412. The Hall–Kier alpha value is -12.5. The van der Waals surface area contributed by atoms with E-state index in [0.29, 0.717) is 50.9 Å². The van der Waals surface area contributed by atoms with Gasteiger partial charge in [0, 0.05) is 78.3 Å². The fraction of sp³-hybridized carbons (Fsp3) is 0.0127. The average Bonchev–Trinajstić information content (AvgIpc) is 0.714. The lowest BCUT2D eigenvalue weighted by atomic mass is 9.33. The van der Waals surface area contributed by atoms with Gasteiger partial charge < -0.3 is 24.6 Å². The highest BCUT2D eigenvalue weighted by molar-refractivity contribution is 7.00. The van der Waals surface area contributed by atoms with Gasteiger partial charge in [0.15, 0.2) is 34.9 Å². The molecular weight excluding hydrogens is 1170 g/mol. The third-order valence-corrected chi connectivity index (χ3v) is 17.6. The summed E-state index contributed by atoms with van der Waals surface area (Å²) in [5, 5.41) is 24.2. The van der Waals surface area contributed by atoms with Gasteiger partial charge in [0.2, 0.25) is 0 Å². The van der Waals surface area contributed by atoms with Gasteiger partial charge in [-0.15, -0.1) is 0 Å². The van der Waals surface area contributed by atoms with Gasteiger partial charge in [-0.3, -0.25) is 0 Å². The zero-order valence-electron chi connectivity index (χ0n) is 49.8. The minimum absolute atomic E-state index is 0.0369. The molecule has 0 amide bonds. The highest BCUT2D eigenvalue weighted by Gasteiger charge is 2.44. The summed E-state index contributed by atoms with van der Waals surface area (Å²) < 4.78 is 48.2. The second-order valence-electron chi connectivity index (χ2n) is 23.3. The van der Waals surface area contributed by atoms with Gasteiger partial charge in [-0.2, -0.15) is 13.2 Å². The van der Waals surface area contributed by atoms with Crippen molar-refractivity contribution in [2.75, 3.05) is 9.80 Å². The Kier molecular flexibility index (Phi) is 13.1. The van der Waals surface area contributed by atoms with Crippen LogP contribution in [0.2, 0.25) is 0 Å². The van der Waals surface area contributed by atoms with E-state index in [-0.39, 0.29) is 34.5 Å². The summed E-state index contributed by atoms with van der Waals surface area (Å²) in [4.78, 5) is 34.7. The molecule has 0 saturated heterocycles. The molecular formula is C79H49BF3N9O2. The van der Waals surface area contributed by atoms with Crippen molar-refractivity contribution in [1.82, 2.24) is 34.5 Å². The van der Waals surface area contributed by atoms with Gasteiger partial charge in [0.05, 0.1) is 22.3 Å². The number of aromatic nitrogens is 7. The third-order valence-electron chi connectivity index (χ3n) is 17.6. The first-order valence-electron chi connectivity index (χ1n) is 30.6. The molecule has 17 rings (SSSR count). The smallest absolute Gasteiger partial charge is 0.416 e. The van der Waals surface area contributed by atoms with Crippen LogP contribution in [0, 0.1) is 0 Å².